The van der Waals surface area contributed by atoms with Gasteiger partial charge in [-0.05, 0) is 26.9 Å². The molecule has 0 spiro atoms. The third-order valence-corrected chi connectivity index (χ3v) is 5.03. The Morgan fingerprint density at radius 2 is 2.33 bits per heavy atom. The van der Waals surface area contributed by atoms with Crippen molar-refractivity contribution in [2.75, 3.05) is 45.2 Å². The minimum absolute atomic E-state index is 0.335. The largest absolute Gasteiger partial charge is 0.341 e. The second-order valence-corrected chi connectivity index (χ2v) is 6.68. The highest BCUT2D eigenvalue weighted by atomic mass is 32.2. The second-order valence-electron chi connectivity index (χ2n) is 5.53. The number of likely N-dealkylation sites (N-methyl/N-ethyl adjacent to an activating group) is 1. The fraction of sp³-hybridized carbons (Fsp3) is 0.923. The van der Waals surface area contributed by atoms with Crippen molar-refractivity contribution in [2.24, 2.45) is 0 Å². The lowest BCUT2D eigenvalue weighted by Crippen LogP contribution is -2.49. The van der Waals surface area contributed by atoms with E-state index in [0.717, 1.165) is 31.8 Å². The lowest BCUT2D eigenvalue weighted by atomic mass is 10.0. The molecule has 2 saturated heterocycles. The number of likely N-dealkylation sites (tertiary alicyclic amines) is 1. The number of amides is 1. The molecular weight excluding hydrogens is 246 g/mol. The summed E-state index contributed by atoms with van der Waals surface area (Å²) < 4.78 is 0. The quantitative estimate of drug-likeness (QED) is 0.817. The smallest absolute Gasteiger partial charge is 0.224 e. The molecule has 2 rings (SSSR count). The van der Waals surface area contributed by atoms with Gasteiger partial charge in [0.25, 0.3) is 0 Å². The summed E-state index contributed by atoms with van der Waals surface area (Å²) in [7, 11) is 4.22. The van der Waals surface area contributed by atoms with E-state index in [-0.39, 0.29) is 0 Å². The van der Waals surface area contributed by atoms with E-state index < -0.39 is 0 Å². The molecule has 4 nitrogen and oxygen atoms in total. The summed E-state index contributed by atoms with van der Waals surface area (Å²) >= 11 is 1.96. The SMILES string of the molecule is CN(C)C1CCCN(C(=O)CC2CSCCN2)C1. The van der Waals surface area contributed by atoms with Crippen LogP contribution in [-0.2, 0) is 4.79 Å². The molecule has 0 aromatic carbocycles. The van der Waals surface area contributed by atoms with Gasteiger partial charge in [-0.3, -0.25) is 4.79 Å². The lowest BCUT2D eigenvalue weighted by Gasteiger charge is -2.37. The number of carbonyl (C=O) groups excluding carboxylic acids is 1. The van der Waals surface area contributed by atoms with E-state index >= 15 is 0 Å². The van der Waals surface area contributed by atoms with Crippen molar-refractivity contribution in [3.8, 4) is 0 Å². The molecule has 2 aliphatic heterocycles. The first kappa shape index (κ1) is 14.2. The maximum atomic E-state index is 12.3. The second kappa shape index (κ2) is 6.78. The Hall–Kier alpha value is -0.260. The number of hydrogen-bond acceptors (Lipinski definition) is 4. The van der Waals surface area contributed by atoms with Gasteiger partial charge in [-0.25, -0.2) is 0 Å². The molecule has 104 valence electrons. The molecule has 1 amide bonds. The zero-order valence-electron chi connectivity index (χ0n) is 11.5. The minimum Gasteiger partial charge on any atom is -0.341 e. The van der Waals surface area contributed by atoms with Crippen LogP contribution in [0.4, 0.5) is 0 Å². The fourth-order valence-electron chi connectivity index (χ4n) is 2.69. The van der Waals surface area contributed by atoms with Crippen LogP contribution in [0, 0.1) is 0 Å². The molecular formula is C13H25N3OS. The average molecular weight is 271 g/mol. The van der Waals surface area contributed by atoms with Crippen molar-refractivity contribution in [2.45, 2.75) is 31.3 Å². The van der Waals surface area contributed by atoms with E-state index in [9.17, 15) is 4.79 Å². The predicted molar refractivity (Wildman–Crippen MR) is 77.0 cm³/mol. The fourth-order valence-corrected chi connectivity index (χ4v) is 3.64. The maximum Gasteiger partial charge on any atom is 0.224 e. The van der Waals surface area contributed by atoms with Gasteiger partial charge >= 0.3 is 0 Å². The van der Waals surface area contributed by atoms with E-state index in [4.69, 9.17) is 0 Å². The summed E-state index contributed by atoms with van der Waals surface area (Å²) in [5.41, 5.74) is 0. The molecule has 0 aromatic rings. The average Bonchev–Trinajstić information content (AvgIpc) is 2.40. The van der Waals surface area contributed by atoms with E-state index in [1.807, 2.05) is 11.8 Å². The van der Waals surface area contributed by atoms with Gasteiger partial charge < -0.3 is 15.1 Å². The van der Waals surface area contributed by atoms with Crippen LogP contribution in [0.3, 0.4) is 0 Å². The molecule has 2 fully saturated rings. The van der Waals surface area contributed by atoms with Crippen LogP contribution in [-0.4, -0.2) is 73.0 Å². The van der Waals surface area contributed by atoms with Crippen LogP contribution in [0.1, 0.15) is 19.3 Å². The van der Waals surface area contributed by atoms with E-state index in [1.165, 1.54) is 12.2 Å². The normalized spacial score (nSPS) is 29.6. The van der Waals surface area contributed by atoms with Gasteiger partial charge in [0, 0.05) is 49.6 Å². The van der Waals surface area contributed by atoms with Gasteiger partial charge in [0.15, 0.2) is 0 Å². The van der Waals surface area contributed by atoms with Gasteiger partial charge in [-0.2, -0.15) is 11.8 Å². The van der Waals surface area contributed by atoms with Gasteiger partial charge in [-0.1, -0.05) is 0 Å². The number of hydrogen-bond donors (Lipinski definition) is 1. The van der Waals surface area contributed by atoms with Crippen LogP contribution >= 0.6 is 11.8 Å². The van der Waals surface area contributed by atoms with Crippen molar-refractivity contribution >= 4 is 17.7 Å². The van der Waals surface area contributed by atoms with Gasteiger partial charge in [0.05, 0.1) is 0 Å². The van der Waals surface area contributed by atoms with E-state index in [0.29, 0.717) is 24.4 Å². The third-order valence-electron chi connectivity index (χ3n) is 3.90. The number of thioether (sulfide) groups is 1. The molecule has 1 N–H and O–H groups in total. The molecule has 5 heteroatoms. The van der Waals surface area contributed by atoms with Crippen LogP contribution in [0.2, 0.25) is 0 Å². The van der Waals surface area contributed by atoms with Crippen molar-refractivity contribution < 1.29 is 4.79 Å². The molecule has 2 heterocycles. The van der Waals surface area contributed by atoms with Crippen molar-refractivity contribution in [3.63, 3.8) is 0 Å². The van der Waals surface area contributed by atoms with Crippen LogP contribution in [0.15, 0.2) is 0 Å². The molecule has 2 atom stereocenters. The van der Waals surface area contributed by atoms with E-state index in [2.05, 4.69) is 29.2 Å². The minimum atomic E-state index is 0.335. The monoisotopic (exact) mass is 271 g/mol. The van der Waals surface area contributed by atoms with Gasteiger partial charge in [-0.15, -0.1) is 0 Å². The highest BCUT2D eigenvalue weighted by molar-refractivity contribution is 7.99. The number of piperidine rings is 1. The zero-order valence-corrected chi connectivity index (χ0v) is 12.3. The summed E-state index contributed by atoms with van der Waals surface area (Å²) in [4.78, 5) is 16.6. The predicted octanol–water partition coefficient (Wildman–Crippen LogP) is 0.634. The molecule has 2 aliphatic rings. The van der Waals surface area contributed by atoms with Crippen molar-refractivity contribution in [1.29, 1.82) is 0 Å². The van der Waals surface area contributed by atoms with Crippen LogP contribution in [0.25, 0.3) is 0 Å². The highest BCUT2D eigenvalue weighted by Crippen LogP contribution is 2.17. The van der Waals surface area contributed by atoms with Crippen molar-refractivity contribution in [3.05, 3.63) is 0 Å². The van der Waals surface area contributed by atoms with E-state index in [1.54, 1.807) is 0 Å². The maximum absolute atomic E-state index is 12.3. The lowest BCUT2D eigenvalue weighted by molar-refractivity contribution is -0.133. The summed E-state index contributed by atoms with van der Waals surface area (Å²) in [5, 5.41) is 3.44. The Kier molecular flexibility index (Phi) is 5.33. The first-order chi connectivity index (χ1) is 8.66. The Morgan fingerprint density at radius 1 is 1.50 bits per heavy atom. The molecule has 0 radical (unpaired) electrons. The Bertz CT molecular complexity index is 279. The number of nitrogens with zero attached hydrogens (tertiary/aromatic N) is 2. The Morgan fingerprint density at radius 3 is 3.00 bits per heavy atom. The molecule has 18 heavy (non-hydrogen) atoms. The van der Waals surface area contributed by atoms with Gasteiger partial charge in [0.2, 0.25) is 5.91 Å². The zero-order chi connectivity index (χ0) is 13.0. The summed E-state index contributed by atoms with van der Waals surface area (Å²) in [6, 6.07) is 0.923. The molecule has 0 aliphatic carbocycles. The molecule has 0 bridgehead atoms. The first-order valence-corrected chi connectivity index (χ1v) is 8.07. The first-order valence-electron chi connectivity index (χ1n) is 6.92. The standard InChI is InChI=1S/C13H25N3OS/c1-15(2)12-4-3-6-16(9-12)13(17)8-11-10-18-7-5-14-11/h11-12,14H,3-10H2,1-2H3. The summed E-state index contributed by atoms with van der Waals surface area (Å²) in [6.07, 6.45) is 3.03. The Labute approximate surface area is 114 Å². The molecule has 2 unspecified atom stereocenters. The van der Waals surface area contributed by atoms with Crippen LogP contribution in [0.5, 0.6) is 0 Å². The van der Waals surface area contributed by atoms with Crippen molar-refractivity contribution in [1.82, 2.24) is 15.1 Å². The number of nitrogens with one attached hydrogen (secondary N) is 1. The number of rotatable bonds is 3. The Balaban J connectivity index is 1.80. The molecule has 0 saturated carbocycles. The third kappa shape index (κ3) is 3.87. The summed E-state index contributed by atoms with van der Waals surface area (Å²) in [5.74, 6) is 2.59. The number of carbonyl (C=O) groups is 1. The van der Waals surface area contributed by atoms with Crippen LogP contribution < -0.4 is 5.32 Å². The topological polar surface area (TPSA) is 35.6 Å². The highest BCUT2D eigenvalue weighted by Gasteiger charge is 2.26. The molecule has 0 aromatic heterocycles. The summed E-state index contributed by atoms with van der Waals surface area (Å²) in [6.45, 7) is 2.90. The van der Waals surface area contributed by atoms with Gasteiger partial charge in [0.1, 0.15) is 0 Å².